The van der Waals surface area contributed by atoms with Gasteiger partial charge in [-0.2, -0.15) is 0 Å². The zero-order chi connectivity index (χ0) is 21.1. The number of aromatic nitrogens is 2. The van der Waals surface area contributed by atoms with E-state index < -0.39 is 0 Å². The van der Waals surface area contributed by atoms with E-state index in [1.807, 2.05) is 36.4 Å². The van der Waals surface area contributed by atoms with Gasteiger partial charge in [-0.15, -0.1) is 0 Å². The van der Waals surface area contributed by atoms with Crippen LogP contribution in [0, 0.1) is 0 Å². The van der Waals surface area contributed by atoms with Crippen LogP contribution in [0.1, 0.15) is 6.42 Å². The van der Waals surface area contributed by atoms with Crippen LogP contribution in [-0.4, -0.2) is 47.2 Å². The van der Waals surface area contributed by atoms with Gasteiger partial charge in [0.25, 0.3) is 0 Å². The van der Waals surface area contributed by atoms with E-state index in [0.717, 1.165) is 75.4 Å². The molecule has 6 rings (SSSR count). The minimum absolute atomic E-state index is 0.270. The first-order valence-corrected chi connectivity index (χ1v) is 11.3. The number of fused-ring (bicyclic) bond motifs is 6. The second-order valence-corrected chi connectivity index (χ2v) is 9.25. The number of H-pyrrole nitrogens is 2. The third-order valence-electron chi connectivity index (χ3n) is 6.31. The fourth-order valence-corrected chi connectivity index (χ4v) is 5.13. The van der Waals surface area contributed by atoms with Gasteiger partial charge in [-0.3, -0.25) is 4.90 Å². The quantitative estimate of drug-likeness (QED) is 0.328. The molecule has 1 aliphatic heterocycles. The Morgan fingerprint density at radius 3 is 2.06 bits per heavy atom. The van der Waals surface area contributed by atoms with Crippen molar-refractivity contribution in [2.45, 2.75) is 12.5 Å². The van der Waals surface area contributed by atoms with Gasteiger partial charge in [0.1, 0.15) is 6.61 Å². The molecule has 158 valence electrons. The fraction of sp³-hybridized carbons (Fsp3) is 0.250. The lowest BCUT2D eigenvalue weighted by molar-refractivity contribution is 0.239. The average molecular weight is 453 g/mol. The fourth-order valence-electron chi connectivity index (χ4n) is 4.78. The number of hydrogen-bond acceptors (Lipinski definition) is 3. The Hall–Kier alpha value is -2.44. The lowest BCUT2D eigenvalue weighted by atomic mass is 10.1. The molecule has 2 aromatic heterocycles. The summed E-state index contributed by atoms with van der Waals surface area (Å²) in [6.45, 7) is 3.40. The van der Waals surface area contributed by atoms with Gasteiger partial charge < -0.3 is 20.4 Å². The summed E-state index contributed by atoms with van der Waals surface area (Å²) in [6.07, 6.45) is 1.05. The highest BCUT2D eigenvalue weighted by Crippen LogP contribution is 2.41. The van der Waals surface area contributed by atoms with Crippen molar-refractivity contribution >= 4 is 66.8 Å². The standard InChI is InChI=1S/C24H22Cl2N4O/c25-13-1-3-20-16(9-13)18-11-19-17-10-14(26)2-4-21(17)29-23(19)24(22(18)28-20)31-8-7-30-6-5-15(27)12-30/h1-4,9-11,15,28-29H,5-8,12,27H2. The Balaban J connectivity index is 1.53. The predicted molar refractivity (Wildman–Crippen MR) is 130 cm³/mol. The minimum Gasteiger partial charge on any atom is -0.488 e. The molecule has 1 atom stereocenters. The third kappa shape index (κ3) is 3.24. The van der Waals surface area contributed by atoms with Gasteiger partial charge >= 0.3 is 0 Å². The number of likely N-dealkylation sites (tertiary alicyclic amines) is 1. The largest absolute Gasteiger partial charge is 0.488 e. The molecule has 5 nitrogen and oxygen atoms in total. The molecule has 7 heteroatoms. The molecule has 31 heavy (non-hydrogen) atoms. The Morgan fingerprint density at radius 2 is 1.52 bits per heavy atom. The highest BCUT2D eigenvalue weighted by atomic mass is 35.5. The van der Waals surface area contributed by atoms with Gasteiger partial charge in [0.2, 0.25) is 0 Å². The molecule has 0 saturated carbocycles. The summed E-state index contributed by atoms with van der Waals surface area (Å²) < 4.78 is 6.44. The lowest BCUT2D eigenvalue weighted by Gasteiger charge is -2.16. The van der Waals surface area contributed by atoms with E-state index in [2.05, 4.69) is 20.9 Å². The monoisotopic (exact) mass is 452 g/mol. The van der Waals surface area contributed by atoms with Crippen molar-refractivity contribution < 1.29 is 4.74 Å². The van der Waals surface area contributed by atoms with E-state index in [-0.39, 0.29) is 6.04 Å². The summed E-state index contributed by atoms with van der Waals surface area (Å²) in [5, 5.41) is 5.76. The zero-order valence-electron chi connectivity index (χ0n) is 16.8. The van der Waals surface area contributed by atoms with Crippen LogP contribution in [0.5, 0.6) is 5.75 Å². The molecule has 0 aliphatic carbocycles. The summed E-state index contributed by atoms with van der Waals surface area (Å²) >= 11 is 12.6. The SMILES string of the molecule is NC1CCN(CCOc2c3[nH]c4ccc(Cl)cc4c3cc3c2[nH]c2ccc(Cl)cc23)C1. The maximum atomic E-state index is 6.44. The van der Waals surface area contributed by atoms with E-state index in [1.165, 1.54) is 0 Å². The van der Waals surface area contributed by atoms with E-state index >= 15 is 0 Å². The molecule has 3 aromatic carbocycles. The summed E-state index contributed by atoms with van der Waals surface area (Å²) in [5.41, 5.74) is 10.1. The third-order valence-corrected chi connectivity index (χ3v) is 6.78. The molecular formula is C24H22Cl2N4O. The summed E-state index contributed by atoms with van der Waals surface area (Å²) in [4.78, 5) is 9.45. The number of ether oxygens (including phenoxy) is 1. The van der Waals surface area contributed by atoms with Crippen LogP contribution >= 0.6 is 23.2 Å². The molecule has 1 saturated heterocycles. The van der Waals surface area contributed by atoms with E-state index in [1.54, 1.807) is 0 Å². The van der Waals surface area contributed by atoms with Crippen LogP contribution in [0.2, 0.25) is 10.0 Å². The van der Waals surface area contributed by atoms with Gasteiger partial charge in [0.15, 0.2) is 5.75 Å². The van der Waals surface area contributed by atoms with Crippen LogP contribution in [0.15, 0.2) is 42.5 Å². The first kappa shape index (κ1) is 19.3. The Bertz CT molecular complexity index is 1360. The Morgan fingerprint density at radius 1 is 0.903 bits per heavy atom. The van der Waals surface area contributed by atoms with Crippen molar-refractivity contribution in [3.8, 4) is 5.75 Å². The molecule has 1 aliphatic rings. The Kier molecular flexibility index (Phi) is 4.54. The number of benzene rings is 3. The maximum absolute atomic E-state index is 6.44. The molecule has 5 aromatic rings. The van der Waals surface area contributed by atoms with Gasteiger partial charge in [0, 0.05) is 61.8 Å². The molecule has 0 amide bonds. The van der Waals surface area contributed by atoms with Crippen molar-refractivity contribution in [1.82, 2.24) is 14.9 Å². The smallest absolute Gasteiger partial charge is 0.167 e. The van der Waals surface area contributed by atoms with Crippen molar-refractivity contribution in [3.05, 3.63) is 52.5 Å². The van der Waals surface area contributed by atoms with Crippen LogP contribution in [0.3, 0.4) is 0 Å². The number of hydrogen-bond donors (Lipinski definition) is 3. The van der Waals surface area contributed by atoms with E-state index in [0.29, 0.717) is 16.7 Å². The normalized spacial score (nSPS) is 17.6. The molecule has 1 unspecified atom stereocenters. The maximum Gasteiger partial charge on any atom is 0.167 e. The second-order valence-electron chi connectivity index (χ2n) is 8.38. The predicted octanol–water partition coefficient (Wildman–Crippen LogP) is 5.67. The first-order chi connectivity index (χ1) is 15.1. The van der Waals surface area contributed by atoms with Crippen molar-refractivity contribution in [2.24, 2.45) is 5.73 Å². The molecule has 0 radical (unpaired) electrons. The summed E-state index contributed by atoms with van der Waals surface area (Å²) in [5.74, 6) is 0.829. The van der Waals surface area contributed by atoms with Gasteiger partial charge in [0.05, 0.1) is 11.0 Å². The number of rotatable bonds is 4. The van der Waals surface area contributed by atoms with Crippen LogP contribution in [-0.2, 0) is 0 Å². The van der Waals surface area contributed by atoms with Gasteiger partial charge in [-0.05, 0) is 55.4 Å². The number of nitrogens with zero attached hydrogens (tertiary/aromatic N) is 1. The van der Waals surface area contributed by atoms with Crippen molar-refractivity contribution in [3.63, 3.8) is 0 Å². The average Bonchev–Trinajstić information content (AvgIpc) is 3.43. The first-order valence-electron chi connectivity index (χ1n) is 10.5. The van der Waals surface area contributed by atoms with Gasteiger partial charge in [-0.1, -0.05) is 23.2 Å². The summed E-state index contributed by atoms with van der Waals surface area (Å²) in [7, 11) is 0. The van der Waals surface area contributed by atoms with E-state index in [9.17, 15) is 0 Å². The van der Waals surface area contributed by atoms with Crippen molar-refractivity contribution in [1.29, 1.82) is 0 Å². The Labute approximate surface area is 189 Å². The van der Waals surface area contributed by atoms with Gasteiger partial charge in [-0.25, -0.2) is 0 Å². The second kappa shape index (κ2) is 7.31. The van der Waals surface area contributed by atoms with Crippen molar-refractivity contribution in [2.75, 3.05) is 26.2 Å². The number of halogens is 2. The topological polar surface area (TPSA) is 70.1 Å². The highest BCUT2D eigenvalue weighted by molar-refractivity contribution is 6.33. The van der Waals surface area contributed by atoms with Crippen LogP contribution < -0.4 is 10.5 Å². The number of nitrogens with two attached hydrogens (primary N) is 1. The van der Waals surface area contributed by atoms with Crippen LogP contribution in [0.25, 0.3) is 43.6 Å². The zero-order valence-corrected chi connectivity index (χ0v) is 18.4. The molecule has 3 heterocycles. The molecular weight excluding hydrogens is 431 g/mol. The lowest BCUT2D eigenvalue weighted by Crippen LogP contribution is -2.29. The molecule has 0 bridgehead atoms. The number of aromatic amines is 2. The molecule has 4 N–H and O–H groups in total. The summed E-state index contributed by atoms with van der Waals surface area (Å²) in [6, 6.07) is 14.3. The minimum atomic E-state index is 0.270. The molecule has 1 fully saturated rings. The number of nitrogens with one attached hydrogen (secondary N) is 2. The van der Waals surface area contributed by atoms with Crippen LogP contribution in [0.4, 0.5) is 0 Å². The molecule has 0 spiro atoms. The highest BCUT2D eigenvalue weighted by Gasteiger charge is 2.21. The van der Waals surface area contributed by atoms with E-state index in [4.69, 9.17) is 33.7 Å².